The fourth-order valence-electron chi connectivity index (χ4n) is 1.32. The number of rotatable bonds is 1. The molecule has 2 rings (SSSR count). The smallest absolute Gasteiger partial charge is 0.271 e. The predicted molar refractivity (Wildman–Crippen MR) is 60.4 cm³/mol. The highest BCUT2D eigenvalue weighted by Crippen LogP contribution is 2.04. The van der Waals surface area contributed by atoms with Gasteiger partial charge in [0.25, 0.3) is 0 Å². The molecule has 5 heteroatoms. The van der Waals surface area contributed by atoms with Crippen molar-refractivity contribution in [2.75, 3.05) is 7.05 Å². The van der Waals surface area contributed by atoms with E-state index in [1.54, 1.807) is 18.1 Å². The Hall–Kier alpha value is -1.62. The maximum Gasteiger partial charge on any atom is 0.344 e. The van der Waals surface area contributed by atoms with Crippen molar-refractivity contribution < 1.29 is 0 Å². The molecule has 15 heavy (non-hydrogen) atoms. The Morgan fingerprint density at radius 1 is 1.27 bits per heavy atom. The van der Waals surface area contributed by atoms with E-state index in [9.17, 15) is 4.79 Å². The van der Waals surface area contributed by atoms with Gasteiger partial charge in [0.1, 0.15) is 0 Å². The van der Waals surface area contributed by atoms with Crippen LogP contribution in [0.3, 0.4) is 0 Å². The minimum Gasteiger partial charge on any atom is -0.271 e. The summed E-state index contributed by atoms with van der Waals surface area (Å²) < 4.78 is 3.17. The summed E-state index contributed by atoms with van der Waals surface area (Å²) in [6, 6.07) is 9.54. The summed E-state index contributed by atoms with van der Waals surface area (Å²) in [7, 11) is 3.40. The van der Waals surface area contributed by atoms with Crippen LogP contribution in [0.4, 0.5) is 0 Å². The van der Waals surface area contributed by atoms with E-state index in [1.807, 2.05) is 30.3 Å². The van der Waals surface area contributed by atoms with Crippen molar-refractivity contribution in [3.63, 3.8) is 0 Å². The molecule has 0 fully saturated rings. The van der Waals surface area contributed by atoms with E-state index in [4.69, 9.17) is 0 Å². The second-order valence-electron chi connectivity index (χ2n) is 3.07. The van der Waals surface area contributed by atoms with Crippen molar-refractivity contribution in [2.24, 2.45) is 12.0 Å². The Morgan fingerprint density at radius 3 is 2.47 bits per heavy atom. The highest BCUT2D eigenvalue weighted by Gasteiger charge is 2.05. The van der Waals surface area contributed by atoms with E-state index in [-0.39, 0.29) is 5.69 Å². The molecule has 0 saturated carbocycles. The monoisotopic (exact) mass is 221 g/mol. The van der Waals surface area contributed by atoms with Crippen LogP contribution in [0.2, 0.25) is 0 Å². The van der Waals surface area contributed by atoms with Gasteiger partial charge in [-0.05, 0) is 23.7 Å². The van der Waals surface area contributed by atoms with Crippen molar-refractivity contribution in [1.82, 2.24) is 8.52 Å². The highest BCUT2D eigenvalue weighted by atomic mass is 32.1. The Morgan fingerprint density at radius 2 is 1.93 bits per heavy atom. The molecule has 0 N–H and O–H groups in total. The number of aromatic nitrogens is 2. The van der Waals surface area contributed by atoms with Crippen LogP contribution in [0.5, 0.6) is 0 Å². The summed E-state index contributed by atoms with van der Waals surface area (Å²) in [5.41, 5.74) is 0.810. The van der Waals surface area contributed by atoms with Crippen LogP contribution in [0.25, 0.3) is 5.69 Å². The topological polar surface area (TPSA) is 39.3 Å². The number of hydrogen-bond donors (Lipinski definition) is 0. The molecule has 4 nitrogen and oxygen atoms in total. The lowest BCUT2D eigenvalue weighted by Crippen LogP contribution is -2.25. The molecule has 1 heterocycles. The molecule has 0 aliphatic carbocycles. The highest BCUT2D eigenvalue weighted by molar-refractivity contribution is 7.03. The van der Waals surface area contributed by atoms with Crippen molar-refractivity contribution in [3.8, 4) is 5.69 Å². The van der Waals surface area contributed by atoms with Crippen LogP contribution >= 0.6 is 11.5 Å². The van der Waals surface area contributed by atoms with E-state index in [0.717, 1.165) is 5.69 Å². The van der Waals surface area contributed by atoms with Crippen molar-refractivity contribution in [2.45, 2.75) is 0 Å². The zero-order chi connectivity index (χ0) is 10.8. The summed E-state index contributed by atoms with van der Waals surface area (Å²) in [5, 5.41) is 0. The molecule has 1 aromatic heterocycles. The van der Waals surface area contributed by atoms with Crippen LogP contribution in [-0.2, 0) is 7.05 Å². The van der Waals surface area contributed by atoms with Crippen molar-refractivity contribution in [3.05, 3.63) is 45.6 Å². The first-order chi connectivity index (χ1) is 7.24. The predicted octanol–water partition coefficient (Wildman–Crippen LogP) is 0.768. The average molecular weight is 221 g/mol. The van der Waals surface area contributed by atoms with Gasteiger partial charge in [-0.2, -0.15) is 0 Å². The van der Waals surface area contributed by atoms with E-state index < -0.39 is 0 Å². The quantitative estimate of drug-likeness (QED) is 0.701. The summed E-state index contributed by atoms with van der Waals surface area (Å²) in [4.78, 5) is 16.6. The molecular weight excluding hydrogens is 210 g/mol. The SMILES string of the molecule is CN=c1sn(-c2ccccc2)c(=O)n1C. The third-order valence-corrected chi connectivity index (χ3v) is 3.27. The standard InChI is InChI=1S/C10H11N3OS/c1-11-9-12(2)10(14)13(15-9)8-6-4-3-5-7-8/h3-7H,1-2H3. The van der Waals surface area contributed by atoms with Gasteiger partial charge >= 0.3 is 5.69 Å². The minimum absolute atomic E-state index is 0.0631. The van der Waals surface area contributed by atoms with Gasteiger partial charge in [0, 0.05) is 14.1 Å². The van der Waals surface area contributed by atoms with Crippen molar-refractivity contribution in [1.29, 1.82) is 0 Å². The maximum atomic E-state index is 11.8. The van der Waals surface area contributed by atoms with Gasteiger partial charge in [-0.15, -0.1) is 0 Å². The minimum atomic E-state index is -0.0631. The van der Waals surface area contributed by atoms with Crippen LogP contribution in [0, 0.1) is 0 Å². The first-order valence-corrected chi connectivity index (χ1v) is 5.29. The zero-order valence-electron chi connectivity index (χ0n) is 8.54. The lowest BCUT2D eigenvalue weighted by molar-refractivity contribution is 0.788. The van der Waals surface area contributed by atoms with Crippen LogP contribution in [0.1, 0.15) is 0 Å². The second-order valence-corrected chi connectivity index (χ2v) is 3.98. The molecule has 0 amide bonds. The third kappa shape index (κ3) is 1.66. The summed E-state index contributed by atoms with van der Waals surface area (Å²) >= 11 is 1.34. The summed E-state index contributed by atoms with van der Waals surface area (Å²) in [6.45, 7) is 0. The molecule has 0 aliphatic heterocycles. The van der Waals surface area contributed by atoms with Gasteiger partial charge in [0.15, 0.2) is 0 Å². The van der Waals surface area contributed by atoms with Gasteiger partial charge in [0.2, 0.25) is 4.80 Å². The van der Waals surface area contributed by atoms with Gasteiger partial charge in [-0.3, -0.25) is 9.56 Å². The summed E-state index contributed by atoms with van der Waals surface area (Å²) in [5.74, 6) is 0. The Kier molecular flexibility index (Phi) is 2.55. The Labute approximate surface area is 90.9 Å². The lowest BCUT2D eigenvalue weighted by atomic mass is 10.3. The normalized spacial score (nSPS) is 12.0. The van der Waals surface area contributed by atoms with Crippen LogP contribution < -0.4 is 10.5 Å². The first-order valence-electron chi connectivity index (χ1n) is 4.51. The number of nitrogens with zero attached hydrogens (tertiary/aromatic N) is 3. The van der Waals surface area contributed by atoms with Gasteiger partial charge < -0.3 is 0 Å². The zero-order valence-corrected chi connectivity index (χ0v) is 9.36. The van der Waals surface area contributed by atoms with Gasteiger partial charge in [-0.1, -0.05) is 18.2 Å². The molecule has 2 aromatic rings. The lowest BCUT2D eigenvalue weighted by Gasteiger charge is -1.96. The molecule has 0 spiro atoms. The van der Waals surface area contributed by atoms with E-state index in [0.29, 0.717) is 4.80 Å². The Balaban J connectivity index is 2.71. The molecule has 0 aliphatic rings. The average Bonchev–Trinajstić information content (AvgIpc) is 2.57. The summed E-state index contributed by atoms with van der Waals surface area (Å²) in [6.07, 6.45) is 0. The Bertz CT molecular complexity index is 577. The van der Waals surface area contributed by atoms with E-state index in [1.165, 1.54) is 16.1 Å². The molecule has 0 radical (unpaired) electrons. The second kappa shape index (κ2) is 3.86. The van der Waals surface area contributed by atoms with Gasteiger partial charge in [0.05, 0.1) is 5.69 Å². The molecule has 0 bridgehead atoms. The number of hydrogen-bond acceptors (Lipinski definition) is 3. The fraction of sp³-hybridized carbons (Fsp3) is 0.200. The molecule has 1 aromatic carbocycles. The van der Waals surface area contributed by atoms with Crippen LogP contribution in [-0.4, -0.2) is 15.6 Å². The number of benzene rings is 1. The number of para-hydroxylation sites is 1. The maximum absolute atomic E-state index is 11.8. The molecule has 0 atom stereocenters. The van der Waals surface area contributed by atoms with E-state index >= 15 is 0 Å². The molecule has 0 saturated heterocycles. The largest absolute Gasteiger partial charge is 0.344 e. The third-order valence-electron chi connectivity index (χ3n) is 2.10. The molecule has 0 unspecified atom stereocenters. The van der Waals surface area contributed by atoms with E-state index in [2.05, 4.69) is 4.99 Å². The first kappa shape index (κ1) is 9.92. The van der Waals surface area contributed by atoms with Gasteiger partial charge in [-0.25, -0.2) is 8.75 Å². The van der Waals surface area contributed by atoms with Crippen LogP contribution in [0.15, 0.2) is 40.1 Å². The molecule has 78 valence electrons. The molecular formula is C10H11N3OS. The van der Waals surface area contributed by atoms with Crippen molar-refractivity contribution >= 4 is 11.5 Å². The fourth-order valence-corrected chi connectivity index (χ4v) is 2.19.